The Kier molecular flexibility index (Phi) is 6.85. The molecule has 0 bridgehead atoms. The highest BCUT2D eigenvalue weighted by Gasteiger charge is 2.35. The number of hydrogen-bond donors (Lipinski definition) is 3. The lowest BCUT2D eigenvalue weighted by atomic mass is 10.3. The predicted octanol–water partition coefficient (Wildman–Crippen LogP) is 0.674. The number of nitrogens with zero attached hydrogens (tertiary/aromatic N) is 1. The summed E-state index contributed by atoms with van der Waals surface area (Å²) in [6, 6.07) is 8.02. The van der Waals surface area contributed by atoms with Crippen LogP contribution in [-0.2, 0) is 23.4 Å². The first-order valence-electron chi connectivity index (χ1n) is 8.84. The second-order valence-corrected chi connectivity index (χ2v) is 7.95. The van der Waals surface area contributed by atoms with E-state index in [2.05, 4.69) is 10.1 Å². The largest absolute Gasteiger partial charge is 0.480 e. The molecule has 2 heterocycles. The fraction of sp³-hybridized carbons (Fsp3) is 0.353. The molecule has 4 atom stereocenters. The van der Waals surface area contributed by atoms with Gasteiger partial charge in [0.2, 0.25) is 0 Å². The zero-order chi connectivity index (χ0) is 21.7. The van der Waals surface area contributed by atoms with Crippen LogP contribution in [0.25, 0.3) is 0 Å². The summed E-state index contributed by atoms with van der Waals surface area (Å²) in [4.78, 5) is 36.3. The number of aromatic amines is 1. The molecule has 0 spiro atoms. The van der Waals surface area contributed by atoms with Crippen molar-refractivity contribution in [3.63, 3.8) is 0 Å². The lowest BCUT2D eigenvalue weighted by molar-refractivity contribution is -0.138. The Morgan fingerprint density at radius 1 is 1.37 bits per heavy atom. The van der Waals surface area contributed by atoms with E-state index in [-0.39, 0.29) is 19.0 Å². The smallest absolute Gasteiger partial charge is 0.459 e. The van der Waals surface area contributed by atoms with Crippen molar-refractivity contribution >= 4 is 13.7 Å². The number of ether oxygens (including phenoxy) is 2. The molecular formula is C17H20N3O9P. The molecule has 3 rings (SSSR count). The van der Waals surface area contributed by atoms with Gasteiger partial charge < -0.3 is 19.1 Å². The average Bonchev–Trinajstić information content (AvgIpc) is 3.16. The Morgan fingerprint density at radius 2 is 2.10 bits per heavy atom. The van der Waals surface area contributed by atoms with Gasteiger partial charge in [0.15, 0.2) is 12.5 Å². The number of hydrogen-bond acceptors (Lipinski definition) is 8. The lowest BCUT2D eigenvalue weighted by Gasteiger charge is -2.23. The van der Waals surface area contributed by atoms with E-state index < -0.39 is 43.5 Å². The number of carbonyl (C=O) groups is 1. The molecule has 3 N–H and O–H groups in total. The van der Waals surface area contributed by atoms with Crippen LogP contribution in [0.2, 0.25) is 0 Å². The fourth-order valence-corrected chi connectivity index (χ4v) is 3.97. The molecule has 0 radical (unpaired) electrons. The second kappa shape index (κ2) is 9.37. The van der Waals surface area contributed by atoms with E-state index in [4.69, 9.17) is 23.6 Å². The van der Waals surface area contributed by atoms with Crippen LogP contribution in [0.3, 0.4) is 0 Å². The summed E-state index contributed by atoms with van der Waals surface area (Å²) in [5.41, 5.74) is -1.22. The third-order valence-corrected chi connectivity index (χ3v) is 5.61. The van der Waals surface area contributed by atoms with Gasteiger partial charge in [-0.15, -0.1) is 0 Å². The number of rotatable bonds is 9. The van der Waals surface area contributed by atoms with Gasteiger partial charge in [0.25, 0.3) is 5.56 Å². The summed E-state index contributed by atoms with van der Waals surface area (Å²) in [6.07, 6.45) is -0.579. The maximum Gasteiger partial charge on any atom is 0.459 e. The standard InChI is InChI=1S/C17H20N3O9P/c1-11(16(22)23)19-30(25,29-12-5-3-2-4-6-12)27-10-15-26-9-14(28-15)20-8-7-13(21)18-17(20)24/h2-8,11,14-15H,9-10H2,1H3,(H,19,25)(H,22,23)(H,18,21,24)/t11-,14+,15+,30?/m0/s1. The molecule has 0 saturated carbocycles. The minimum atomic E-state index is -4.12. The van der Waals surface area contributed by atoms with Crippen molar-refractivity contribution in [2.75, 3.05) is 13.2 Å². The van der Waals surface area contributed by atoms with Crippen LogP contribution in [0.15, 0.2) is 52.2 Å². The van der Waals surface area contributed by atoms with E-state index in [0.29, 0.717) is 0 Å². The number of para-hydroxylation sites is 1. The van der Waals surface area contributed by atoms with Crippen LogP contribution in [0, 0.1) is 0 Å². The maximum atomic E-state index is 13.1. The van der Waals surface area contributed by atoms with Crippen molar-refractivity contribution in [1.82, 2.24) is 14.6 Å². The van der Waals surface area contributed by atoms with Gasteiger partial charge in [0.1, 0.15) is 18.4 Å². The van der Waals surface area contributed by atoms with E-state index >= 15 is 0 Å². The summed E-state index contributed by atoms with van der Waals surface area (Å²) < 4.78 is 35.8. The molecule has 1 saturated heterocycles. The van der Waals surface area contributed by atoms with Crippen LogP contribution in [0.5, 0.6) is 5.75 Å². The van der Waals surface area contributed by atoms with Crippen molar-refractivity contribution in [1.29, 1.82) is 0 Å². The highest BCUT2D eigenvalue weighted by Crippen LogP contribution is 2.45. The van der Waals surface area contributed by atoms with Crippen LogP contribution in [-0.4, -0.2) is 46.2 Å². The van der Waals surface area contributed by atoms with Gasteiger partial charge >= 0.3 is 19.4 Å². The first kappa shape index (κ1) is 21.9. The Bertz CT molecular complexity index is 1040. The van der Waals surface area contributed by atoms with Gasteiger partial charge in [0, 0.05) is 12.3 Å². The quantitative estimate of drug-likeness (QED) is 0.472. The third-order valence-electron chi connectivity index (χ3n) is 3.97. The SMILES string of the molecule is C[C@H](NP(=O)(OC[C@@H]1OC[C@H](n2ccc(=O)[nH]c2=O)O1)Oc1ccccc1)C(=O)O. The Hall–Kier alpha value is -2.76. The molecular weight excluding hydrogens is 421 g/mol. The Morgan fingerprint density at radius 3 is 2.77 bits per heavy atom. The molecule has 30 heavy (non-hydrogen) atoms. The number of carboxylic acid groups (broad SMARTS) is 1. The number of nitrogens with one attached hydrogen (secondary N) is 2. The van der Waals surface area contributed by atoms with Gasteiger partial charge in [-0.25, -0.2) is 9.36 Å². The summed E-state index contributed by atoms with van der Waals surface area (Å²) in [6.45, 7) is 0.884. The number of H-pyrrole nitrogens is 1. The van der Waals surface area contributed by atoms with Crippen molar-refractivity contribution < 1.29 is 33.0 Å². The highest BCUT2D eigenvalue weighted by molar-refractivity contribution is 7.52. The Labute approximate surface area is 169 Å². The van der Waals surface area contributed by atoms with Crippen LogP contribution >= 0.6 is 7.75 Å². The fourth-order valence-electron chi connectivity index (χ4n) is 2.49. The number of benzene rings is 1. The number of carboxylic acids is 1. The molecule has 0 aliphatic carbocycles. The van der Waals surface area contributed by atoms with Crippen molar-refractivity contribution in [2.24, 2.45) is 0 Å². The van der Waals surface area contributed by atoms with E-state index in [1.807, 2.05) is 0 Å². The van der Waals surface area contributed by atoms with Gasteiger partial charge in [-0.3, -0.25) is 23.7 Å². The summed E-state index contributed by atoms with van der Waals surface area (Å²) >= 11 is 0. The molecule has 1 aromatic carbocycles. The summed E-state index contributed by atoms with van der Waals surface area (Å²) in [5.74, 6) is -1.04. The Balaban J connectivity index is 1.66. The van der Waals surface area contributed by atoms with Crippen LogP contribution in [0.4, 0.5) is 0 Å². The molecule has 1 aromatic heterocycles. The minimum Gasteiger partial charge on any atom is -0.480 e. The first-order chi connectivity index (χ1) is 14.3. The highest BCUT2D eigenvalue weighted by atomic mass is 31.2. The van der Waals surface area contributed by atoms with Gasteiger partial charge in [-0.1, -0.05) is 18.2 Å². The topological polar surface area (TPSA) is 158 Å². The van der Waals surface area contributed by atoms with Gasteiger partial charge in [0.05, 0.1) is 6.61 Å². The molecule has 1 fully saturated rings. The van der Waals surface area contributed by atoms with Crippen LogP contribution < -0.4 is 20.9 Å². The molecule has 13 heteroatoms. The number of aliphatic carboxylic acids is 1. The number of aromatic nitrogens is 2. The molecule has 12 nitrogen and oxygen atoms in total. The van der Waals surface area contributed by atoms with E-state index in [0.717, 1.165) is 10.6 Å². The first-order valence-corrected chi connectivity index (χ1v) is 10.4. The zero-order valence-corrected chi connectivity index (χ0v) is 16.7. The van der Waals surface area contributed by atoms with Crippen molar-refractivity contribution in [2.45, 2.75) is 25.5 Å². The molecule has 2 aromatic rings. The average molecular weight is 441 g/mol. The normalized spacial score (nSPS) is 21.6. The monoisotopic (exact) mass is 441 g/mol. The molecule has 1 aliphatic rings. The van der Waals surface area contributed by atoms with E-state index in [1.165, 1.54) is 25.3 Å². The molecule has 162 valence electrons. The molecule has 1 unspecified atom stereocenters. The maximum absolute atomic E-state index is 13.1. The summed E-state index contributed by atoms with van der Waals surface area (Å²) in [5, 5.41) is 11.4. The molecule has 0 amide bonds. The van der Waals surface area contributed by atoms with E-state index in [9.17, 15) is 18.9 Å². The zero-order valence-electron chi connectivity index (χ0n) is 15.8. The minimum absolute atomic E-state index is 0.0250. The lowest BCUT2D eigenvalue weighted by Crippen LogP contribution is -2.34. The van der Waals surface area contributed by atoms with Crippen molar-refractivity contribution in [3.8, 4) is 5.75 Å². The van der Waals surface area contributed by atoms with E-state index in [1.54, 1.807) is 18.2 Å². The van der Waals surface area contributed by atoms with Gasteiger partial charge in [-0.2, -0.15) is 5.09 Å². The van der Waals surface area contributed by atoms with Gasteiger partial charge in [-0.05, 0) is 19.1 Å². The predicted molar refractivity (Wildman–Crippen MR) is 102 cm³/mol. The van der Waals surface area contributed by atoms with Crippen molar-refractivity contribution in [3.05, 3.63) is 63.4 Å². The second-order valence-electron chi connectivity index (χ2n) is 6.26. The summed E-state index contributed by atoms with van der Waals surface area (Å²) in [7, 11) is -4.12. The third kappa shape index (κ3) is 5.65. The van der Waals surface area contributed by atoms with Crippen LogP contribution in [0.1, 0.15) is 13.2 Å². The molecule has 1 aliphatic heterocycles.